The highest BCUT2D eigenvalue weighted by Crippen LogP contribution is 2.19. The number of aliphatic imine (C=N–C) groups is 1. The number of allylic oxidation sites excluding steroid dienone is 9. The summed E-state index contributed by atoms with van der Waals surface area (Å²) in [4.78, 5) is 17.6. The molecule has 0 heterocycles. The summed E-state index contributed by atoms with van der Waals surface area (Å²) in [7, 11) is 0. The van der Waals surface area contributed by atoms with Gasteiger partial charge in [-0.15, -0.1) is 0 Å². The van der Waals surface area contributed by atoms with E-state index in [-0.39, 0.29) is 5.78 Å². The molecule has 0 saturated heterocycles. The SMILES string of the molecule is C=C/C=C\C(=C/C)CC.C=C1CC(=O)C=C/C1=C/N=C(C)C.CC.CCCN(CCC)c1ccc(C)cc1. The van der Waals surface area contributed by atoms with E-state index in [1.807, 2.05) is 40.7 Å². The van der Waals surface area contributed by atoms with Crippen molar-refractivity contribution in [2.24, 2.45) is 4.99 Å². The molecule has 38 heavy (non-hydrogen) atoms. The number of carbonyl (C=O) groups excluding carboxylic acids is 1. The predicted octanol–water partition coefficient (Wildman–Crippen LogP) is 10.2. The van der Waals surface area contributed by atoms with E-state index in [0.29, 0.717) is 6.42 Å². The number of anilines is 1. The monoisotopic (exact) mass is 518 g/mol. The predicted molar refractivity (Wildman–Crippen MR) is 173 cm³/mol. The number of nitrogens with zero attached hydrogens (tertiary/aromatic N) is 2. The molecule has 0 saturated carbocycles. The largest absolute Gasteiger partial charge is 0.372 e. The number of carbonyl (C=O) groups is 1. The molecule has 1 aliphatic rings. The lowest BCUT2D eigenvalue weighted by Crippen LogP contribution is -2.24. The van der Waals surface area contributed by atoms with Crippen LogP contribution in [0.1, 0.15) is 86.6 Å². The first kappa shape index (κ1) is 37.0. The quantitative estimate of drug-likeness (QED) is 0.240. The summed E-state index contributed by atoms with van der Waals surface area (Å²) in [5.41, 5.74) is 6.83. The first-order valence-corrected chi connectivity index (χ1v) is 14.1. The average Bonchev–Trinajstić information content (AvgIpc) is 2.91. The molecule has 210 valence electrons. The van der Waals surface area contributed by atoms with Gasteiger partial charge in [-0.3, -0.25) is 9.79 Å². The van der Waals surface area contributed by atoms with Crippen LogP contribution in [-0.4, -0.2) is 24.6 Å². The molecular formula is C35H54N2O. The Morgan fingerprint density at radius 3 is 2.03 bits per heavy atom. The maximum Gasteiger partial charge on any atom is 0.160 e. The first-order chi connectivity index (χ1) is 18.2. The van der Waals surface area contributed by atoms with Crippen molar-refractivity contribution in [2.75, 3.05) is 18.0 Å². The van der Waals surface area contributed by atoms with Crippen LogP contribution in [0.3, 0.4) is 0 Å². The second-order valence-electron chi connectivity index (χ2n) is 8.88. The van der Waals surface area contributed by atoms with E-state index in [4.69, 9.17) is 0 Å². The van der Waals surface area contributed by atoms with Crippen molar-refractivity contribution in [3.8, 4) is 0 Å². The topological polar surface area (TPSA) is 32.7 Å². The van der Waals surface area contributed by atoms with Crippen molar-refractivity contribution in [3.63, 3.8) is 0 Å². The summed E-state index contributed by atoms with van der Waals surface area (Å²) >= 11 is 0. The van der Waals surface area contributed by atoms with Crippen LogP contribution in [0, 0.1) is 6.92 Å². The first-order valence-electron chi connectivity index (χ1n) is 14.1. The average molecular weight is 519 g/mol. The Morgan fingerprint density at radius 2 is 1.61 bits per heavy atom. The van der Waals surface area contributed by atoms with Gasteiger partial charge in [0.15, 0.2) is 5.78 Å². The maximum atomic E-state index is 10.9. The van der Waals surface area contributed by atoms with E-state index in [1.165, 1.54) is 29.7 Å². The minimum absolute atomic E-state index is 0.111. The highest BCUT2D eigenvalue weighted by atomic mass is 16.1. The van der Waals surface area contributed by atoms with Crippen molar-refractivity contribution < 1.29 is 4.79 Å². The van der Waals surface area contributed by atoms with Gasteiger partial charge in [-0.1, -0.05) is 95.3 Å². The Morgan fingerprint density at radius 1 is 1.03 bits per heavy atom. The van der Waals surface area contributed by atoms with Crippen LogP contribution < -0.4 is 4.90 Å². The Labute approximate surface area is 235 Å². The molecule has 0 fully saturated rings. The number of aryl methyl sites for hydroxylation is 1. The lowest BCUT2D eigenvalue weighted by Gasteiger charge is -2.23. The molecule has 0 unspecified atom stereocenters. The van der Waals surface area contributed by atoms with Gasteiger partial charge in [0.05, 0.1) is 0 Å². The molecule has 2 rings (SSSR count). The van der Waals surface area contributed by atoms with Gasteiger partial charge < -0.3 is 4.90 Å². The van der Waals surface area contributed by atoms with E-state index in [9.17, 15) is 4.79 Å². The van der Waals surface area contributed by atoms with Gasteiger partial charge in [-0.25, -0.2) is 0 Å². The van der Waals surface area contributed by atoms with E-state index >= 15 is 0 Å². The van der Waals surface area contributed by atoms with Gasteiger partial charge in [0.2, 0.25) is 0 Å². The number of hydrogen-bond acceptors (Lipinski definition) is 3. The summed E-state index contributed by atoms with van der Waals surface area (Å²) in [5.74, 6) is 0.111. The van der Waals surface area contributed by atoms with Crippen molar-refractivity contribution in [1.29, 1.82) is 0 Å². The van der Waals surface area contributed by atoms with E-state index in [2.05, 4.69) is 87.2 Å². The minimum Gasteiger partial charge on any atom is -0.372 e. The second kappa shape index (κ2) is 24.2. The van der Waals surface area contributed by atoms with E-state index < -0.39 is 0 Å². The third kappa shape index (κ3) is 18.1. The molecule has 3 nitrogen and oxygen atoms in total. The molecular weight excluding hydrogens is 464 g/mol. The van der Waals surface area contributed by atoms with Gasteiger partial charge >= 0.3 is 0 Å². The Hall–Kier alpha value is -3.20. The minimum atomic E-state index is 0.111. The van der Waals surface area contributed by atoms with Crippen molar-refractivity contribution in [2.45, 2.75) is 88.0 Å². The third-order valence-electron chi connectivity index (χ3n) is 5.32. The Kier molecular flexibility index (Phi) is 23.5. The Balaban J connectivity index is 0. The fourth-order valence-corrected chi connectivity index (χ4v) is 3.28. The lowest BCUT2D eigenvalue weighted by molar-refractivity contribution is -0.114. The van der Waals surface area contributed by atoms with Crippen molar-refractivity contribution >= 4 is 17.2 Å². The molecule has 0 amide bonds. The molecule has 0 N–H and O–H groups in total. The lowest BCUT2D eigenvalue weighted by atomic mass is 9.97. The third-order valence-corrected chi connectivity index (χ3v) is 5.32. The zero-order valence-corrected chi connectivity index (χ0v) is 25.8. The molecule has 1 aromatic carbocycles. The van der Waals surface area contributed by atoms with Gasteiger partial charge in [0.25, 0.3) is 0 Å². The maximum absolute atomic E-state index is 10.9. The molecule has 3 heteroatoms. The molecule has 1 aliphatic carbocycles. The molecule has 0 radical (unpaired) electrons. The van der Waals surface area contributed by atoms with Crippen LogP contribution in [0.2, 0.25) is 0 Å². The summed E-state index contributed by atoms with van der Waals surface area (Å²) in [6, 6.07) is 8.82. The number of ketones is 1. The highest BCUT2D eigenvalue weighted by molar-refractivity contribution is 5.94. The number of benzene rings is 1. The van der Waals surface area contributed by atoms with E-state index in [0.717, 1.165) is 36.4 Å². The van der Waals surface area contributed by atoms with Crippen LogP contribution in [0.25, 0.3) is 0 Å². The summed E-state index contributed by atoms with van der Waals surface area (Å²) in [6.45, 7) is 28.4. The standard InChI is InChI=1S/C13H21N.C11H13NO.C9H14.C2H6/c1-4-10-14(11-5-2)13-8-6-12(3)7-9-13;1-8(2)12-7-10-4-5-11(13)6-9(10)3;1-4-7-8-9(5-2)6-3;1-2/h6-9H,4-5,10-11H2,1-3H3;4-5,7H,3,6H2,1-2H3;4-5,7-8H,1,6H2,2-3H3;1-2H3/b;10-7-;8-7-,9-5-;. The van der Waals surface area contributed by atoms with Crippen LogP contribution >= 0.6 is 0 Å². The van der Waals surface area contributed by atoms with Crippen LogP contribution in [0.5, 0.6) is 0 Å². The molecule has 1 aromatic rings. The van der Waals surface area contributed by atoms with Gasteiger partial charge in [0, 0.05) is 37.1 Å². The normalized spacial score (nSPS) is 13.5. The number of hydrogen-bond donors (Lipinski definition) is 0. The fourth-order valence-electron chi connectivity index (χ4n) is 3.28. The van der Waals surface area contributed by atoms with Crippen LogP contribution in [0.15, 0.2) is 102 Å². The molecule has 0 spiro atoms. The summed E-state index contributed by atoms with van der Waals surface area (Å²) < 4.78 is 0. The van der Waals surface area contributed by atoms with Crippen LogP contribution in [-0.2, 0) is 4.79 Å². The second-order valence-corrected chi connectivity index (χ2v) is 8.88. The molecule has 0 aromatic heterocycles. The number of rotatable bonds is 9. The smallest absolute Gasteiger partial charge is 0.160 e. The molecule has 0 bridgehead atoms. The zero-order chi connectivity index (χ0) is 29.3. The highest BCUT2D eigenvalue weighted by Gasteiger charge is 2.09. The summed E-state index contributed by atoms with van der Waals surface area (Å²) in [5, 5.41) is 0. The van der Waals surface area contributed by atoms with Gasteiger partial charge in [0.1, 0.15) is 0 Å². The molecule has 0 atom stereocenters. The zero-order valence-electron chi connectivity index (χ0n) is 25.8. The van der Waals surface area contributed by atoms with Crippen LogP contribution in [0.4, 0.5) is 5.69 Å². The van der Waals surface area contributed by atoms with Crippen molar-refractivity contribution in [3.05, 3.63) is 102 Å². The Bertz CT molecular complexity index is 946. The fraction of sp³-hybridized carbons (Fsp3) is 0.429. The summed E-state index contributed by atoms with van der Waals surface area (Å²) in [6.07, 6.45) is 17.0. The van der Waals surface area contributed by atoms with E-state index in [1.54, 1.807) is 24.4 Å². The van der Waals surface area contributed by atoms with Crippen molar-refractivity contribution in [1.82, 2.24) is 0 Å². The molecule has 0 aliphatic heterocycles. The van der Waals surface area contributed by atoms with Gasteiger partial charge in [-0.05, 0) is 82.4 Å². The van der Waals surface area contributed by atoms with Gasteiger partial charge in [-0.2, -0.15) is 0 Å².